The van der Waals surface area contributed by atoms with Crippen LogP contribution in [0.15, 0.2) is 73.1 Å². The number of carboxylic acid groups (broad SMARTS) is 1. The molecule has 4 N–H and O–H groups in total. The molecule has 0 radical (unpaired) electrons. The molecule has 3 aromatic rings. The molecule has 0 spiro atoms. The maximum Gasteiger partial charge on any atom is 0.319 e. The van der Waals surface area contributed by atoms with Crippen molar-refractivity contribution in [2.75, 3.05) is 16.8 Å². The third-order valence-electron chi connectivity index (χ3n) is 6.07. The summed E-state index contributed by atoms with van der Waals surface area (Å²) in [5.41, 5.74) is 1.62. The second-order valence-electron chi connectivity index (χ2n) is 8.81. The van der Waals surface area contributed by atoms with E-state index >= 15 is 0 Å². The average molecular weight is 520 g/mol. The minimum absolute atomic E-state index is 0.0690. The molecule has 196 valence electrons. The lowest BCUT2D eigenvalue weighted by molar-refractivity contribution is -0.138. The van der Waals surface area contributed by atoms with Crippen LogP contribution < -0.4 is 20.9 Å². The Morgan fingerprint density at radius 1 is 1.11 bits per heavy atom. The number of halogens is 1. The Kier molecular flexibility index (Phi) is 8.27. The molecule has 2 unspecified atom stereocenters. The molecule has 11 heteroatoms. The number of nitrogens with zero attached hydrogens (tertiary/aromatic N) is 2. The number of carbonyl (C=O) groups is 4. The zero-order valence-electron chi connectivity index (χ0n) is 20.3. The maximum absolute atomic E-state index is 14.7. The fourth-order valence-electron chi connectivity index (χ4n) is 4.17. The van der Waals surface area contributed by atoms with Crippen molar-refractivity contribution in [3.8, 4) is 0 Å². The second kappa shape index (κ2) is 12.0. The van der Waals surface area contributed by atoms with Crippen molar-refractivity contribution in [3.63, 3.8) is 0 Å². The Labute approximate surface area is 217 Å². The van der Waals surface area contributed by atoms with Gasteiger partial charge in [0.25, 0.3) is 0 Å². The molecule has 1 aliphatic rings. The van der Waals surface area contributed by atoms with Crippen molar-refractivity contribution < 1.29 is 28.7 Å². The monoisotopic (exact) mass is 519 g/mol. The Morgan fingerprint density at radius 3 is 2.61 bits per heavy atom. The number of rotatable bonds is 9. The highest BCUT2D eigenvalue weighted by atomic mass is 19.1. The zero-order valence-corrected chi connectivity index (χ0v) is 20.3. The van der Waals surface area contributed by atoms with Crippen LogP contribution in [0, 0.1) is 11.7 Å². The van der Waals surface area contributed by atoms with Crippen LogP contribution >= 0.6 is 0 Å². The van der Waals surface area contributed by atoms with Gasteiger partial charge in [-0.25, -0.2) is 9.18 Å². The van der Waals surface area contributed by atoms with Crippen LogP contribution in [0.5, 0.6) is 0 Å². The van der Waals surface area contributed by atoms with Gasteiger partial charge in [0.05, 0.1) is 24.1 Å². The van der Waals surface area contributed by atoms with E-state index in [0.29, 0.717) is 12.1 Å². The SMILES string of the molecule is O=C(O)CC(NC(=O)C1CC(=O)N(c2cc(NC(=O)NCc3ccccc3)ccc2F)C1)c1cccnc1. The number of aromatic nitrogens is 1. The van der Waals surface area contributed by atoms with E-state index in [1.165, 1.54) is 24.5 Å². The number of carboxylic acids is 1. The molecule has 2 atom stereocenters. The third-order valence-corrected chi connectivity index (χ3v) is 6.07. The van der Waals surface area contributed by atoms with Crippen LogP contribution in [-0.4, -0.2) is 40.5 Å². The first-order valence-electron chi connectivity index (χ1n) is 11.9. The summed E-state index contributed by atoms with van der Waals surface area (Å²) in [4.78, 5) is 54.5. The number of aliphatic carboxylic acids is 1. The van der Waals surface area contributed by atoms with Gasteiger partial charge in [0.1, 0.15) is 5.82 Å². The van der Waals surface area contributed by atoms with Crippen LogP contribution in [0.4, 0.5) is 20.6 Å². The summed E-state index contributed by atoms with van der Waals surface area (Å²) in [6, 6.07) is 15.1. The summed E-state index contributed by atoms with van der Waals surface area (Å²) in [5.74, 6) is -3.60. The molecule has 0 aliphatic carbocycles. The van der Waals surface area contributed by atoms with E-state index in [9.17, 15) is 28.7 Å². The number of hydrogen-bond donors (Lipinski definition) is 4. The van der Waals surface area contributed by atoms with Crippen molar-refractivity contribution in [1.29, 1.82) is 0 Å². The smallest absolute Gasteiger partial charge is 0.319 e. The lowest BCUT2D eigenvalue weighted by Gasteiger charge is -2.21. The zero-order chi connectivity index (χ0) is 27.1. The lowest BCUT2D eigenvalue weighted by atomic mass is 10.0. The minimum atomic E-state index is -1.11. The van der Waals surface area contributed by atoms with Crippen LogP contribution in [0.25, 0.3) is 0 Å². The fourth-order valence-corrected chi connectivity index (χ4v) is 4.17. The summed E-state index contributed by atoms with van der Waals surface area (Å²) < 4.78 is 14.7. The van der Waals surface area contributed by atoms with Gasteiger partial charge in [-0.15, -0.1) is 0 Å². The highest BCUT2D eigenvalue weighted by molar-refractivity contribution is 6.01. The topological polar surface area (TPSA) is 141 Å². The quantitative estimate of drug-likeness (QED) is 0.342. The van der Waals surface area contributed by atoms with Crippen molar-refractivity contribution in [2.24, 2.45) is 5.92 Å². The summed E-state index contributed by atoms with van der Waals surface area (Å²) >= 11 is 0. The largest absolute Gasteiger partial charge is 0.481 e. The molecule has 1 aromatic heterocycles. The Balaban J connectivity index is 1.41. The molecule has 4 rings (SSSR count). The van der Waals surface area contributed by atoms with Crippen LogP contribution in [0.3, 0.4) is 0 Å². The first kappa shape index (κ1) is 26.3. The summed E-state index contributed by atoms with van der Waals surface area (Å²) in [5, 5.41) is 17.3. The van der Waals surface area contributed by atoms with Gasteiger partial charge < -0.3 is 26.0 Å². The normalized spacial score (nSPS) is 15.6. The molecule has 1 fully saturated rings. The van der Waals surface area contributed by atoms with Gasteiger partial charge in [-0.05, 0) is 35.4 Å². The summed E-state index contributed by atoms with van der Waals surface area (Å²) in [6.45, 7) is 0.197. The molecule has 10 nitrogen and oxygen atoms in total. The number of pyridine rings is 1. The van der Waals surface area contributed by atoms with Crippen molar-refractivity contribution in [2.45, 2.75) is 25.4 Å². The Bertz CT molecular complexity index is 1320. The molecular formula is C27H26FN5O5. The van der Waals surface area contributed by atoms with Gasteiger partial charge in [-0.1, -0.05) is 36.4 Å². The van der Waals surface area contributed by atoms with E-state index in [-0.39, 0.29) is 30.8 Å². The number of hydrogen-bond acceptors (Lipinski definition) is 5. The predicted molar refractivity (Wildman–Crippen MR) is 137 cm³/mol. The molecule has 38 heavy (non-hydrogen) atoms. The van der Waals surface area contributed by atoms with Crippen molar-refractivity contribution in [3.05, 3.63) is 90.0 Å². The number of carbonyl (C=O) groups excluding carboxylic acids is 3. The van der Waals surface area contributed by atoms with Gasteiger partial charge in [0.15, 0.2) is 0 Å². The van der Waals surface area contributed by atoms with Gasteiger partial charge in [-0.2, -0.15) is 0 Å². The van der Waals surface area contributed by atoms with Crippen molar-refractivity contribution >= 4 is 35.2 Å². The van der Waals surface area contributed by atoms with E-state index in [1.807, 2.05) is 30.3 Å². The Hall–Kier alpha value is -4.80. The number of urea groups is 1. The average Bonchev–Trinajstić information content (AvgIpc) is 3.30. The first-order valence-corrected chi connectivity index (χ1v) is 11.9. The van der Waals surface area contributed by atoms with Crippen LogP contribution in [0.2, 0.25) is 0 Å². The first-order chi connectivity index (χ1) is 18.3. The molecule has 1 saturated heterocycles. The number of anilines is 2. The van der Waals surface area contributed by atoms with E-state index in [4.69, 9.17) is 0 Å². The highest BCUT2D eigenvalue weighted by Gasteiger charge is 2.37. The van der Waals surface area contributed by atoms with Crippen LogP contribution in [-0.2, 0) is 20.9 Å². The van der Waals surface area contributed by atoms with Gasteiger partial charge in [-0.3, -0.25) is 19.4 Å². The standard InChI is InChI=1S/C27H26FN5O5/c28-21-9-8-20(31-27(38)30-14-17-5-2-1-3-6-17)12-23(21)33-16-19(11-24(33)34)26(37)32-22(13-25(35)36)18-7-4-10-29-15-18/h1-10,12,15,19,22H,11,13-14,16H2,(H,32,37)(H,35,36)(H2,30,31,38). The van der Waals surface area contributed by atoms with Gasteiger partial charge in [0, 0.05) is 37.6 Å². The number of amides is 4. The summed E-state index contributed by atoms with van der Waals surface area (Å²) in [6.07, 6.45) is 2.45. The molecule has 0 saturated carbocycles. The van der Waals surface area contributed by atoms with E-state index in [2.05, 4.69) is 20.9 Å². The highest BCUT2D eigenvalue weighted by Crippen LogP contribution is 2.30. The van der Waals surface area contributed by atoms with E-state index in [0.717, 1.165) is 16.5 Å². The third kappa shape index (κ3) is 6.69. The minimum Gasteiger partial charge on any atom is -0.481 e. The van der Waals surface area contributed by atoms with Gasteiger partial charge in [0.2, 0.25) is 11.8 Å². The maximum atomic E-state index is 14.7. The molecular weight excluding hydrogens is 493 g/mol. The lowest BCUT2D eigenvalue weighted by Crippen LogP contribution is -2.36. The summed E-state index contributed by atoms with van der Waals surface area (Å²) in [7, 11) is 0. The van der Waals surface area contributed by atoms with Crippen LogP contribution in [0.1, 0.15) is 30.0 Å². The molecule has 2 aromatic carbocycles. The molecule has 2 heterocycles. The van der Waals surface area contributed by atoms with Crippen molar-refractivity contribution in [1.82, 2.24) is 15.6 Å². The molecule has 0 bridgehead atoms. The second-order valence-corrected chi connectivity index (χ2v) is 8.81. The predicted octanol–water partition coefficient (Wildman–Crippen LogP) is 3.23. The van der Waals surface area contributed by atoms with E-state index < -0.39 is 41.6 Å². The van der Waals surface area contributed by atoms with E-state index in [1.54, 1.807) is 12.1 Å². The number of nitrogens with one attached hydrogen (secondary N) is 3. The molecule has 1 aliphatic heterocycles. The fraction of sp³-hybridized carbons (Fsp3) is 0.222. The van der Waals surface area contributed by atoms with Gasteiger partial charge >= 0.3 is 12.0 Å². The Morgan fingerprint density at radius 2 is 1.89 bits per heavy atom. The number of benzene rings is 2. The molecule has 4 amide bonds.